The summed E-state index contributed by atoms with van der Waals surface area (Å²) in [6.07, 6.45) is 5.52. The third-order valence-electron chi connectivity index (χ3n) is 3.24. The van der Waals surface area contributed by atoms with Crippen molar-refractivity contribution in [3.05, 3.63) is 28.7 Å². The number of terminal acetylenes is 1. The number of benzene rings is 1. The monoisotopic (exact) mass is 360 g/mol. The van der Waals surface area contributed by atoms with Crippen molar-refractivity contribution in [1.29, 1.82) is 0 Å². The molecule has 0 aromatic heterocycles. The summed E-state index contributed by atoms with van der Waals surface area (Å²) in [4.78, 5) is 35.9. The predicted octanol–water partition coefficient (Wildman–Crippen LogP) is 0.882. The zero-order valence-electron chi connectivity index (χ0n) is 13.5. The Kier molecular flexibility index (Phi) is 5.72. The SMILES string of the molecule is C#CCN1C(=O)S/C(=C\c2ccc(O[C@H](C)C(=O)[O-])c(OC)c2)C1=O. The molecule has 1 atom stereocenters. The molecular weight excluding hydrogens is 346 g/mol. The van der Waals surface area contributed by atoms with Crippen molar-refractivity contribution in [2.45, 2.75) is 13.0 Å². The number of amides is 2. The summed E-state index contributed by atoms with van der Waals surface area (Å²) in [5.41, 5.74) is 0.580. The van der Waals surface area contributed by atoms with Crippen LogP contribution in [-0.2, 0) is 9.59 Å². The van der Waals surface area contributed by atoms with Crippen LogP contribution in [0.25, 0.3) is 6.08 Å². The van der Waals surface area contributed by atoms with Crippen molar-refractivity contribution in [2.75, 3.05) is 13.7 Å². The van der Waals surface area contributed by atoms with Gasteiger partial charge in [-0.3, -0.25) is 14.5 Å². The van der Waals surface area contributed by atoms with Gasteiger partial charge < -0.3 is 19.4 Å². The van der Waals surface area contributed by atoms with E-state index < -0.39 is 23.2 Å². The van der Waals surface area contributed by atoms with Crippen LogP contribution in [0, 0.1) is 12.3 Å². The van der Waals surface area contributed by atoms with E-state index in [1.165, 1.54) is 26.2 Å². The average Bonchev–Trinajstić information content (AvgIpc) is 2.83. The Bertz CT molecular complexity index is 795. The lowest BCUT2D eigenvalue weighted by Crippen LogP contribution is -2.37. The van der Waals surface area contributed by atoms with Crippen molar-refractivity contribution >= 4 is 35.0 Å². The number of aliphatic carboxylic acids is 1. The summed E-state index contributed by atoms with van der Waals surface area (Å²) in [6.45, 7) is 1.25. The molecule has 0 radical (unpaired) electrons. The first-order chi connectivity index (χ1) is 11.9. The van der Waals surface area contributed by atoms with E-state index in [0.717, 1.165) is 16.7 Å². The van der Waals surface area contributed by atoms with Gasteiger partial charge >= 0.3 is 0 Å². The van der Waals surface area contributed by atoms with Gasteiger partial charge in [-0.2, -0.15) is 0 Å². The van der Waals surface area contributed by atoms with Crippen LogP contribution in [0.4, 0.5) is 4.79 Å². The quantitative estimate of drug-likeness (QED) is 0.549. The van der Waals surface area contributed by atoms with Gasteiger partial charge in [0.1, 0.15) is 6.10 Å². The summed E-state index contributed by atoms with van der Waals surface area (Å²) in [5.74, 6) is 0.950. The fourth-order valence-corrected chi connectivity index (χ4v) is 2.83. The van der Waals surface area contributed by atoms with Gasteiger partial charge in [-0.05, 0) is 42.5 Å². The highest BCUT2D eigenvalue weighted by Crippen LogP contribution is 2.34. The minimum Gasteiger partial charge on any atom is -0.546 e. The van der Waals surface area contributed by atoms with Crippen molar-refractivity contribution in [3.8, 4) is 23.8 Å². The van der Waals surface area contributed by atoms with Crippen LogP contribution in [0.15, 0.2) is 23.1 Å². The number of carbonyl (C=O) groups excluding carboxylic acids is 3. The van der Waals surface area contributed by atoms with Gasteiger partial charge in [0.15, 0.2) is 11.5 Å². The molecular formula is C17H14NO6S-. The number of carbonyl (C=O) groups is 3. The van der Waals surface area contributed by atoms with E-state index >= 15 is 0 Å². The van der Waals surface area contributed by atoms with Crippen LogP contribution in [-0.4, -0.2) is 41.8 Å². The normalized spacial score (nSPS) is 16.7. The molecule has 1 heterocycles. The highest BCUT2D eigenvalue weighted by Gasteiger charge is 2.34. The van der Waals surface area contributed by atoms with Crippen LogP contribution >= 0.6 is 11.8 Å². The molecule has 0 aliphatic carbocycles. The Balaban J connectivity index is 2.27. The Morgan fingerprint density at radius 1 is 1.44 bits per heavy atom. The average molecular weight is 360 g/mol. The number of ether oxygens (including phenoxy) is 2. The molecule has 2 rings (SSSR count). The van der Waals surface area contributed by atoms with Crippen molar-refractivity contribution in [3.63, 3.8) is 0 Å². The second-order valence-corrected chi connectivity index (χ2v) is 5.95. The van der Waals surface area contributed by atoms with E-state index in [9.17, 15) is 19.5 Å². The molecule has 1 aromatic rings. The molecule has 25 heavy (non-hydrogen) atoms. The number of imide groups is 1. The summed E-state index contributed by atoms with van der Waals surface area (Å²) >= 11 is 0.794. The Morgan fingerprint density at radius 3 is 2.76 bits per heavy atom. The molecule has 2 amide bonds. The molecule has 0 unspecified atom stereocenters. The maximum Gasteiger partial charge on any atom is 0.294 e. The van der Waals surface area contributed by atoms with E-state index in [4.69, 9.17) is 15.9 Å². The minimum absolute atomic E-state index is 0.0841. The van der Waals surface area contributed by atoms with Gasteiger partial charge in [0.05, 0.1) is 24.5 Å². The van der Waals surface area contributed by atoms with Crippen molar-refractivity contribution < 1.29 is 29.0 Å². The number of rotatable bonds is 6. The highest BCUT2D eigenvalue weighted by atomic mass is 32.2. The molecule has 0 bridgehead atoms. The number of hydrogen-bond donors (Lipinski definition) is 0. The van der Waals surface area contributed by atoms with E-state index in [1.807, 2.05) is 0 Å². The number of carboxylic acid groups (broad SMARTS) is 1. The lowest BCUT2D eigenvalue weighted by Gasteiger charge is -2.17. The first kappa shape index (κ1) is 18.4. The Hall–Kier alpha value is -2.92. The van der Waals surface area contributed by atoms with Crippen LogP contribution in [0.1, 0.15) is 12.5 Å². The molecule has 1 aromatic carbocycles. The number of carboxylic acids is 1. The number of nitrogens with zero attached hydrogens (tertiary/aromatic N) is 1. The van der Waals surface area contributed by atoms with Gasteiger partial charge in [0, 0.05) is 0 Å². The minimum atomic E-state index is -1.35. The van der Waals surface area contributed by atoms with Gasteiger partial charge in [-0.25, -0.2) is 0 Å². The fraction of sp³-hybridized carbons (Fsp3) is 0.235. The molecule has 8 heteroatoms. The van der Waals surface area contributed by atoms with Gasteiger partial charge in [0.2, 0.25) is 0 Å². The topological polar surface area (TPSA) is 96.0 Å². The number of methoxy groups -OCH3 is 1. The second kappa shape index (κ2) is 7.77. The molecule has 0 saturated carbocycles. The van der Waals surface area contributed by atoms with Crippen LogP contribution in [0.2, 0.25) is 0 Å². The van der Waals surface area contributed by atoms with Gasteiger partial charge in [-0.1, -0.05) is 12.0 Å². The first-order valence-electron chi connectivity index (χ1n) is 7.11. The molecule has 0 spiro atoms. The van der Waals surface area contributed by atoms with E-state index in [2.05, 4.69) is 5.92 Å². The standard InChI is InChI=1S/C17H15NO6S/c1-4-7-18-15(19)14(25-17(18)22)9-11-5-6-12(13(8-11)23-3)24-10(2)16(20)21/h1,5-6,8-10H,7H2,2-3H3,(H,20,21)/p-1/b14-9-/t10-/m1/s1. The fourth-order valence-electron chi connectivity index (χ4n) is 1.99. The smallest absolute Gasteiger partial charge is 0.294 e. The third kappa shape index (κ3) is 4.14. The zero-order chi connectivity index (χ0) is 18.6. The summed E-state index contributed by atoms with van der Waals surface area (Å²) in [6, 6.07) is 4.68. The van der Waals surface area contributed by atoms with Gasteiger partial charge in [-0.15, -0.1) is 6.42 Å². The lowest BCUT2D eigenvalue weighted by molar-refractivity contribution is -0.312. The lowest BCUT2D eigenvalue weighted by atomic mass is 10.2. The largest absolute Gasteiger partial charge is 0.546 e. The molecule has 0 N–H and O–H groups in total. The highest BCUT2D eigenvalue weighted by molar-refractivity contribution is 8.18. The van der Waals surface area contributed by atoms with E-state index in [0.29, 0.717) is 5.56 Å². The maximum absolute atomic E-state index is 12.1. The molecule has 1 aliphatic heterocycles. The zero-order valence-corrected chi connectivity index (χ0v) is 14.3. The third-order valence-corrected chi connectivity index (χ3v) is 4.15. The maximum atomic E-state index is 12.1. The van der Waals surface area contributed by atoms with E-state index in [1.54, 1.807) is 12.1 Å². The van der Waals surface area contributed by atoms with Crippen LogP contribution in [0.5, 0.6) is 11.5 Å². The summed E-state index contributed by atoms with van der Waals surface area (Å²) in [7, 11) is 1.40. The first-order valence-corrected chi connectivity index (χ1v) is 7.93. The van der Waals surface area contributed by atoms with Crippen LogP contribution < -0.4 is 14.6 Å². The van der Waals surface area contributed by atoms with Crippen molar-refractivity contribution in [2.24, 2.45) is 0 Å². The van der Waals surface area contributed by atoms with Gasteiger partial charge in [0.25, 0.3) is 11.1 Å². The molecule has 1 fully saturated rings. The second-order valence-electron chi connectivity index (χ2n) is 4.96. The molecule has 7 nitrogen and oxygen atoms in total. The molecule has 1 saturated heterocycles. The molecule has 1 aliphatic rings. The number of hydrogen-bond acceptors (Lipinski definition) is 7. The van der Waals surface area contributed by atoms with Crippen molar-refractivity contribution in [1.82, 2.24) is 4.90 Å². The van der Waals surface area contributed by atoms with Crippen LogP contribution in [0.3, 0.4) is 0 Å². The summed E-state index contributed by atoms with van der Waals surface area (Å²) < 4.78 is 10.4. The number of thioether (sulfide) groups is 1. The van der Waals surface area contributed by atoms with E-state index in [-0.39, 0.29) is 22.9 Å². The molecule has 130 valence electrons. The predicted molar refractivity (Wildman–Crippen MR) is 89.6 cm³/mol. The Morgan fingerprint density at radius 2 is 2.16 bits per heavy atom. The Labute approximate surface area is 148 Å². The summed E-state index contributed by atoms with van der Waals surface area (Å²) in [5, 5.41) is 10.3.